The zero-order chi connectivity index (χ0) is 21.7. The highest BCUT2D eigenvalue weighted by molar-refractivity contribution is 6.11. The van der Waals surface area contributed by atoms with Gasteiger partial charge in [0.25, 0.3) is 5.91 Å². The number of nitrogens with one attached hydrogen (secondary N) is 1. The van der Waals surface area contributed by atoms with Crippen molar-refractivity contribution in [3.8, 4) is 0 Å². The largest absolute Gasteiger partial charge is 0.325 e. The summed E-state index contributed by atoms with van der Waals surface area (Å²) >= 11 is 0. The Kier molecular flexibility index (Phi) is 6.65. The van der Waals surface area contributed by atoms with Crippen LogP contribution < -0.4 is 5.32 Å². The molecule has 2 aromatic carbocycles. The highest BCUT2D eigenvalue weighted by Crippen LogP contribution is 2.29. The molecule has 1 N–H and O–H groups in total. The summed E-state index contributed by atoms with van der Waals surface area (Å²) in [7, 11) is 0. The minimum absolute atomic E-state index is 0.306. The summed E-state index contributed by atoms with van der Waals surface area (Å²) in [4.78, 5) is 38.9. The Morgan fingerprint density at radius 1 is 1.00 bits per heavy atom. The van der Waals surface area contributed by atoms with Crippen LogP contribution in [-0.2, 0) is 16.8 Å². The first-order valence-electron chi connectivity index (χ1n) is 10.4. The van der Waals surface area contributed by atoms with Gasteiger partial charge in [0.15, 0.2) is 5.78 Å². The molecule has 1 atom stereocenters. The summed E-state index contributed by atoms with van der Waals surface area (Å²) in [6.07, 6.45) is 5.69. The molecule has 0 radical (unpaired) electrons. The van der Waals surface area contributed by atoms with Crippen LogP contribution in [0.1, 0.15) is 61.0 Å². The van der Waals surface area contributed by atoms with Crippen LogP contribution in [0.2, 0.25) is 0 Å². The number of unbranched alkanes of at least 4 members (excludes halogenated alkanes) is 3. The molecule has 30 heavy (non-hydrogen) atoms. The van der Waals surface area contributed by atoms with Crippen LogP contribution in [0.25, 0.3) is 0 Å². The first-order valence-corrected chi connectivity index (χ1v) is 10.4. The molecule has 3 rings (SSSR count). The van der Waals surface area contributed by atoms with Crippen molar-refractivity contribution in [1.29, 1.82) is 0 Å². The summed E-state index contributed by atoms with van der Waals surface area (Å²) < 4.78 is 13.2. The Morgan fingerprint density at radius 3 is 2.30 bits per heavy atom. The van der Waals surface area contributed by atoms with E-state index >= 15 is 0 Å². The second-order valence-electron chi connectivity index (χ2n) is 7.88. The summed E-state index contributed by atoms with van der Waals surface area (Å²) in [5.74, 6) is -1.26. The number of hydrogen-bond acceptors (Lipinski definition) is 3. The van der Waals surface area contributed by atoms with Crippen molar-refractivity contribution in [2.45, 2.75) is 51.5 Å². The van der Waals surface area contributed by atoms with Gasteiger partial charge in [0.2, 0.25) is 0 Å². The van der Waals surface area contributed by atoms with E-state index in [0.29, 0.717) is 11.1 Å². The molecule has 0 saturated carbocycles. The number of urea groups is 1. The molecule has 1 saturated heterocycles. The number of benzene rings is 2. The van der Waals surface area contributed by atoms with Gasteiger partial charge in [-0.05, 0) is 43.0 Å². The number of rotatable bonds is 9. The topological polar surface area (TPSA) is 66.5 Å². The van der Waals surface area contributed by atoms with Crippen LogP contribution >= 0.6 is 0 Å². The number of hydrogen-bond donors (Lipinski definition) is 1. The number of Topliss-reactive ketones (excluding diaryl/α,β-unsaturated/α-hetero) is 1. The Labute approximate surface area is 176 Å². The maximum atomic E-state index is 13.2. The fourth-order valence-electron chi connectivity index (χ4n) is 3.67. The van der Waals surface area contributed by atoms with Gasteiger partial charge in [0.1, 0.15) is 11.4 Å². The van der Waals surface area contributed by atoms with Crippen LogP contribution in [0.4, 0.5) is 9.18 Å². The second kappa shape index (κ2) is 9.20. The van der Waals surface area contributed by atoms with E-state index in [1.807, 2.05) is 12.1 Å². The lowest BCUT2D eigenvalue weighted by molar-refractivity contribution is -0.130. The van der Waals surface area contributed by atoms with Crippen LogP contribution in [0, 0.1) is 5.82 Å². The molecule has 3 amide bonds. The summed E-state index contributed by atoms with van der Waals surface area (Å²) in [5, 5.41) is 2.63. The van der Waals surface area contributed by atoms with Crippen molar-refractivity contribution < 1.29 is 18.8 Å². The Balaban J connectivity index is 1.65. The molecule has 0 bridgehead atoms. The van der Waals surface area contributed by atoms with E-state index in [9.17, 15) is 18.8 Å². The van der Waals surface area contributed by atoms with Crippen molar-refractivity contribution in [3.63, 3.8) is 0 Å². The van der Waals surface area contributed by atoms with Crippen molar-refractivity contribution in [3.05, 3.63) is 71.0 Å². The Hall–Kier alpha value is -3.02. The van der Waals surface area contributed by atoms with E-state index in [0.717, 1.165) is 17.7 Å². The van der Waals surface area contributed by atoms with Crippen LogP contribution in [0.5, 0.6) is 0 Å². The van der Waals surface area contributed by atoms with E-state index in [1.54, 1.807) is 19.1 Å². The van der Waals surface area contributed by atoms with Gasteiger partial charge in [-0.3, -0.25) is 14.5 Å². The molecule has 0 aromatic heterocycles. The number of halogens is 1. The van der Waals surface area contributed by atoms with Crippen molar-refractivity contribution in [1.82, 2.24) is 10.2 Å². The molecular formula is C24H27FN2O3. The number of amides is 3. The maximum Gasteiger partial charge on any atom is 0.325 e. The van der Waals surface area contributed by atoms with Gasteiger partial charge in [-0.1, -0.05) is 62.6 Å². The van der Waals surface area contributed by atoms with Gasteiger partial charge in [0.05, 0.1) is 6.54 Å². The number of aryl methyl sites for hydroxylation is 1. The van der Waals surface area contributed by atoms with E-state index in [4.69, 9.17) is 0 Å². The van der Waals surface area contributed by atoms with E-state index in [2.05, 4.69) is 12.2 Å². The average Bonchev–Trinajstić information content (AvgIpc) is 2.96. The number of carbonyl (C=O) groups is 3. The highest BCUT2D eigenvalue weighted by atomic mass is 19.1. The SMILES string of the molecule is CCCCCCc1ccc(C(=O)CN2C(=O)NC(C)(c3ccc(F)cc3)C2=O)cc1. The molecule has 1 heterocycles. The molecular weight excluding hydrogens is 383 g/mol. The zero-order valence-corrected chi connectivity index (χ0v) is 17.4. The normalized spacial score (nSPS) is 18.6. The molecule has 158 valence electrons. The molecule has 0 spiro atoms. The predicted molar refractivity (Wildman–Crippen MR) is 113 cm³/mol. The predicted octanol–water partition coefficient (Wildman–Crippen LogP) is 4.60. The van der Waals surface area contributed by atoms with E-state index in [1.165, 1.54) is 49.1 Å². The second-order valence-corrected chi connectivity index (χ2v) is 7.88. The lowest BCUT2D eigenvalue weighted by Crippen LogP contribution is -2.41. The zero-order valence-electron chi connectivity index (χ0n) is 17.4. The average molecular weight is 410 g/mol. The standard InChI is InChI=1S/C24H27FN2O3/c1-3-4-5-6-7-17-8-10-18(11-9-17)21(28)16-27-22(29)24(2,26-23(27)30)19-12-14-20(25)15-13-19/h8-15H,3-7,16H2,1-2H3,(H,26,30). The van der Waals surface area contributed by atoms with Crippen molar-refractivity contribution in [2.75, 3.05) is 6.54 Å². The van der Waals surface area contributed by atoms with Crippen LogP contribution in [0.15, 0.2) is 48.5 Å². The third-order valence-electron chi connectivity index (χ3n) is 5.59. The summed E-state index contributed by atoms with van der Waals surface area (Å²) in [6, 6.07) is 12.1. The third kappa shape index (κ3) is 4.58. The van der Waals surface area contributed by atoms with E-state index in [-0.39, 0.29) is 12.3 Å². The van der Waals surface area contributed by atoms with Crippen molar-refractivity contribution >= 4 is 17.7 Å². The number of ketones is 1. The lowest BCUT2D eigenvalue weighted by atomic mass is 9.92. The smallest absolute Gasteiger partial charge is 0.319 e. The first-order chi connectivity index (χ1) is 14.3. The molecule has 6 heteroatoms. The molecule has 0 aliphatic carbocycles. The molecule has 2 aromatic rings. The van der Waals surface area contributed by atoms with Gasteiger partial charge in [-0.25, -0.2) is 9.18 Å². The van der Waals surface area contributed by atoms with Gasteiger partial charge < -0.3 is 5.32 Å². The summed E-state index contributed by atoms with van der Waals surface area (Å²) in [6.45, 7) is 3.39. The molecule has 5 nitrogen and oxygen atoms in total. The lowest BCUT2D eigenvalue weighted by Gasteiger charge is -2.22. The fraction of sp³-hybridized carbons (Fsp3) is 0.375. The minimum Gasteiger partial charge on any atom is -0.319 e. The van der Waals surface area contributed by atoms with Gasteiger partial charge in [0, 0.05) is 5.56 Å². The maximum absolute atomic E-state index is 13.2. The molecule has 1 aliphatic rings. The van der Waals surface area contributed by atoms with Crippen molar-refractivity contribution in [2.24, 2.45) is 0 Å². The highest BCUT2D eigenvalue weighted by Gasteiger charge is 2.49. The quantitative estimate of drug-likeness (QED) is 0.373. The third-order valence-corrected chi connectivity index (χ3v) is 5.59. The number of carbonyl (C=O) groups excluding carboxylic acids is 3. The van der Waals surface area contributed by atoms with Gasteiger partial charge in [-0.2, -0.15) is 0 Å². The molecule has 1 unspecified atom stereocenters. The molecule has 1 fully saturated rings. The summed E-state index contributed by atoms with van der Waals surface area (Å²) in [5.41, 5.74) is 0.766. The Bertz CT molecular complexity index is 924. The van der Waals surface area contributed by atoms with Crippen LogP contribution in [-0.4, -0.2) is 29.2 Å². The van der Waals surface area contributed by atoms with E-state index < -0.39 is 23.3 Å². The molecule has 1 aliphatic heterocycles. The van der Waals surface area contributed by atoms with Crippen LogP contribution in [0.3, 0.4) is 0 Å². The monoisotopic (exact) mass is 410 g/mol. The van der Waals surface area contributed by atoms with Gasteiger partial charge >= 0.3 is 6.03 Å². The van der Waals surface area contributed by atoms with Gasteiger partial charge in [-0.15, -0.1) is 0 Å². The minimum atomic E-state index is -1.33. The first kappa shape index (κ1) is 21.7. The number of nitrogens with zero attached hydrogens (tertiary/aromatic N) is 1. The Morgan fingerprint density at radius 2 is 1.67 bits per heavy atom. The fourth-order valence-corrected chi connectivity index (χ4v) is 3.67. The number of imide groups is 1.